The van der Waals surface area contributed by atoms with Gasteiger partial charge in [-0.15, -0.1) is 0 Å². The Morgan fingerprint density at radius 1 is 0.708 bits per heavy atom. The van der Waals surface area contributed by atoms with Crippen molar-refractivity contribution in [1.29, 1.82) is 0 Å². The lowest BCUT2D eigenvalue weighted by Gasteiger charge is -2.31. The molecule has 7 aromatic rings. The standard InChI is InChI=1S/C43H44N4O/c1-9-29-22-36(42(3,4)5)41(37(23-29)43(6,7)8)30-26-45-46(27-30)31-13-12-14-32(24-31)48-33-17-18-35-34-15-10-11-16-38(34)47(39(35)25-33)40-21-28(2)19-20-44-40/h10-27H,9H2,1-8H3. The number of ether oxygens (including phenoxy) is 1. The first-order valence-electron chi connectivity index (χ1n) is 16.9. The molecule has 0 spiro atoms. The van der Waals surface area contributed by atoms with Gasteiger partial charge < -0.3 is 4.74 Å². The van der Waals surface area contributed by atoms with Gasteiger partial charge in [0.2, 0.25) is 0 Å². The van der Waals surface area contributed by atoms with Gasteiger partial charge in [0.1, 0.15) is 17.3 Å². The number of nitrogens with zero attached hydrogens (tertiary/aromatic N) is 4. The molecule has 48 heavy (non-hydrogen) atoms. The van der Waals surface area contributed by atoms with E-state index < -0.39 is 0 Å². The van der Waals surface area contributed by atoms with E-state index in [0.717, 1.165) is 51.4 Å². The van der Waals surface area contributed by atoms with Crippen LogP contribution in [0.2, 0.25) is 0 Å². The van der Waals surface area contributed by atoms with Gasteiger partial charge in [-0.2, -0.15) is 5.10 Å². The average Bonchev–Trinajstić information content (AvgIpc) is 3.67. The van der Waals surface area contributed by atoms with Crippen molar-refractivity contribution in [2.75, 3.05) is 0 Å². The van der Waals surface area contributed by atoms with Crippen LogP contribution in [0.25, 0.3) is 44.4 Å². The van der Waals surface area contributed by atoms with Gasteiger partial charge in [-0.25, -0.2) is 9.67 Å². The molecule has 0 amide bonds. The van der Waals surface area contributed by atoms with Crippen LogP contribution in [-0.2, 0) is 17.3 Å². The molecule has 0 unspecified atom stereocenters. The van der Waals surface area contributed by atoms with Gasteiger partial charge in [0.05, 0.1) is 22.9 Å². The Hall–Kier alpha value is -5.16. The van der Waals surface area contributed by atoms with Gasteiger partial charge in [0.15, 0.2) is 0 Å². The quantitative estimate of drug-likeness (QED) is 0.183. The van der Waals surface area contributed by atoms with Crippen molar-refractivity contribution in [2.45, 2.75) is 72.6 Å². The number of aromatic nitrogens is 4. The Morgan fingerprint density at radius 3 is 2.12 bits per heavy atom. The zero-order valence-corrected chi connectivity index (χ0v) is 29.3. The van der Waals surface area contributed by atoms with Gasteiger partial charge >= 0.3 is 0 Å². The van der Waals surface area contributed by atoms with E-state index in [1.165, 1.54) is 33.2 Å². The summed E-state index contributed by atoms with van der Waals surface area (Å²) in [5.41, 5.74) is 10.8. The minimum absolute atomic E-state index is 0.0153. The van der Waals surface area contributed by atoms with E-state index >= 15 is 0 Å². The second kappa shape index (κ2) is 11.8. The second-order valence-corrected chi connectivity index (χ2v) is 14.9. The lowest BCUT2D eigenvalue weighted by Crippen LogP contribution is -2.20. The van der Waals surface area contributed by atoms with E-state index in [0.29, 0.717) is 0 Å². The maximum absolute atomic E-state index is 6.53. The smallest absolute Gasteiger partial charge is 0.137 e. The first kappa shape index (κ1) is 31.4. The summed E-state index contributed by atoms with van der Waals surface area (Å²) in [6, 6.07) is 31.8. The number of hydrogen-bond acceptors (Lipinski definition) is 3. The first-order valence-corrected chi connectivity index (χ1v) is 16.9. The third kappa shape index (κ3) is 5.79. The first-order chi connectivity index (χ1) is 22.9. The molecular weight excluding hydrogens is 589 g/mol. The molecule has 0 aliphatic rings. The van der Waals surface area contributed by atoms with E-state index in [1.54, 1.807) is 0 Å². The lowest BCUT2D eigenvalue weighted by atomic mass is 9.73. The fourth-order valence-corrected chi connectivity index (χ4v) is 6.72. The van der Waals surface area contributed by atoms with Crippen LogP contribution in [0.4, 0.5) is 0 Å². The molecule has 5 nitrogen and oxygen atoms in total. The largest absolute Gasteiger partial charge is 0.457 e. The molecule has 0 atom stereocenters. The number of rotatable bonds is 6. The summed E-state index contributed by atoms with van der Waals surface area (Å²) >= 11 is 0. The fraction of sp³-hybridized carbons (Fsp3) is 0.256. The van der Waals surface area contributed by atoms with Gasteiger partial charge in [0, 0.05) is 40.9 Å². The van der Waals surface area contributed by atoms with E-state index in [1.807, 2.05) is 47.4 Å². The van der Waals surface area contributed by atoms with Crippen LogP contribution in [0.15, 0.2) is 110 Å². The molecule has 0 fully saturated rings. The minimum Gasteiger partial charge on any atom is -0.457 e. The normalized spacial score (nSPS) is 12.2. The molecule has 0 aliphatic carbocycles. The maximum atomic E-state index is 6.53. The SMILES string of the molecule is CCc1cc(C(C)(C)C)c(-c2cnn(-c3cccc(Oc4ccc5c6ccccc6n(-c6cc(C)ccn6)c5c4)c3)c2)c(C(C)(C)C)c1. The highest BCUT2D eigenvalue weighted by molar-refractivity contribution is 6.09. The number of pyridine rings is 1. The topological polar surface area (TPSA) is 44.9 Å². The van der Waals surface area contributed by atoms with Crippen molar-refractivity contribution >= 4 is 21.8 Å². The van der Waals surface area contributed by atoms with Crippen molar-refractivity contribution in [1.82, 2.24) is 19.3 Å². The highest BCUT2D eigenvalue weighted by atomic mass is 16.5. The molecule has 0 N–H and O–H groups in total. The van der Waals surface area contributed by atoms with E-state index in [2.05, 4.69) is 127 Å². The van der Waals surface area contributed by atoms with Gasteiger partial charge in [-0.3, -0.25) is 4.57 Å². The molecule has 0 bridgehead atoms. The predicted octanol–water partition coefficient (Wildman–Crippen LogP) is 11.3. The molecule has 242 valence electrons. The van der Waals surface area contributed by atoms with Crippen LogP contribution in [-0.4, -0.2) is 19.3 Å². The zero-order chi connectivity index (χ0) is 33.8. The van der Waals surface area contributed by atoms with Gasteiger partial charge in [-0.05, 0) is 94.5 Å². The Bertz CT molecular complexity index is 2260. The van der Waals surface area contributed by atoms with Crippen LogP contribution in [0.3, 0.4) is 0 Å². The summed E-state index contributed by atoms with van der Waals surface area (Å²) in [6.07, 6.45) is 7.04. The molecule has 0 aliphatic heterocycles. The molecule has 3 aromatic heterocycles. The molecule has 0 saturated heterocycles. The van der Waals surface area contributed by atoms with Gasteiger partial charge in [0.25, 0.3) is 0 Å². The van der Waals surface area contributed by atoms with E-state index in [9.17, 15) is 0 Å². The van der Waals surface area contributed by atoms with Crippen LogP contribution < -0.4 is 4.74 Å². The maximum Gasteiger partial charge on any atom is 0.137 e. The summed E-state index contributed by atoms with van der Waals surface area (Å²) in [6.45, 7) is 18.1. The monoisotopic (exact) mass is 632 g/mol. The van der Waals surface area contributed by atoms with Crippen molar-refractivity contribution < 1.29 is 4.74 Å². The molecular formula is C43H44N4O. The molecule has 5 heteroatoms. The van der Waals surface area contributed by atoms with Crippen LogP contribution in [0, 0.1) is 6.92 Å². The number of fused-ring (bicyclic) bond motifs is 3. The summed E-state index contributed by atoms with van der Waals surface area (Å²) < 4.78 is 10.7. The Labute approximate surface area is 283 Å². The van der Waals surface area contributed by atoms with Crippen molar-refractivity contribution in [3.63, 3.8) is 0 Å². The molecule has 7 rings (SSSR count). The predicted molar refractivity (Wildman–Crippen MR) is 199 cm³/mol. The van der Waals surface area contributed by atoms with Crippen molar-refractivity contribution in [2.24, 2.45) is 0 Å². The zero-order valence-electron chi connectivity index (χ0n) is 29.3. The Kier molecular flexibility index (Phi) is 7.74. The highest BCUT2D eigenvalue weighted by Gasteiger charge is 2.28. The number of benzene rings is 4. The second-order valence-electron chi connectivity index (χ2n) is 14.9. The fourth-order valence-electron chi connectivity index (χ4n) is 6.72. The lowest BCUT2D eigenvalue weighted by molar-refractivity contribution is 0.483. The third-order valence-electron chi connectivity index (χ3n) is 9.19. The summed E-state index contributed by atoms with van der Waals surface area (Å²) in [4.78, 5) is 4.72. The highest BCUT2D eigenvalue weighted by Crippen LogP contribution is 2.42. The number of hydrogen-bond donors (Lipinski definition) is 0. The van der Waals surface area contributed by atoms with E-state index in [4.69, 9.17) is 14.8 Å². The van der Waals surface area contributed by atoms with Gasteiger partial charge in [-0.1, -0.05) is 84.9 Å². The molecule has 3 heterocycles. The van der Waals surface area contributed by atoms with Crippen LogP contribution in [0.1, 0.15) is 70.7 Å². The molecule has 0 radical (unpaired) electrons. The molecule has 0 saturated carbocycles. The van der Waals surface area contributed by atoms with Crippen LogP contribution in [0.5, 0.6) is 11.5 Å². The van der Waals surface area contributed by atoms with Crippen molar-refractivity contribution in [3.05, 3.63) is 132 Å². The Balaban J connectivity index is 1.26. The summed E-state index contributed by atoms with van der Waals surface area (Å²) in [5.74, 6) is 2.40. The molecule has 4 aromatic carbocycles. The summed E-state index contributed by atoms with van der Waals surface area (Å²) in [5, 5.41) is 7.22. The number of para-hydroxylation sites is 1. The third-order valence-corrected chi connectivity index (χ3v) is 9.19. The van der Waals surface area contributed by atoms with Crippen LogP contribution >= 0.6 is 0 Å². The van der Waals surface area contributed by atoms with E-state index in [-0.39, 0.29) is 10.8 Å². The summed E-state index contributed by atoms with van der Waals surface area (Å²) in [7, 11) is 0. The minimum atomic E-state index is -0.0153. The number of aryl methyl sites for hydroxylation is 2. The Morgan fingerprint density at radius 2 is 1.42 bits per heavy atom. The van der Waals surface area contributed by atoms with Crippen molar-refractivity contribution in [3.8, 4) is 34.1 Å². The average molecular weight is 633 g/mol.